The van der Waals surface area contributed by atoms with Crippen molar-refractivity contribution in [1.29, 1.82) is 0 Å². The van der Waals surface area contributed by atoms with Crippen LogP contribution >= 0.6 is 23.1 Å². The second-order valence-corrected chi connectivity index (χ2v) is 12.3. The van der Waals surface area contributed by atoms with E-state index < -0.39 is 5.97 Å². The molecule has 4 aliphatic rings. The van der Waals surface area contributed by atoms with E-state index in [2.05, 4.69) is 4.98 Å². The van der Waals surface area contributed by atoms with E-state index in [1.54, 1.807) is 23.9 Å². The number of carboxylic acid groups (broad SMARTS) is 1. The molecule has 10 heteroatoms. The summed E-state index contributed by atoms with van der Waals surface area (Å²) in [7, 11) is 0. The number of carboxylic acids is 1. The fourth-order valence-electron chi connectivity index (χ4n) is 7.08. The fraction of sp³-hybridized carbons (Fsp3) is 0.520. The second-order valence-electron chi connectivity index (χ2n) is 10.1. The van der Waals surface area contributed by atoms with Crippen LogP contribution in [-0.4, -0.2) is 49.7 Å². The summed E-state index contributed by atoms with van der Waals surface area (Å²) in [4.78, 5) is 55.2. The van der Waals surface area contributed by atoms with Gasteiger partial charge in [0.1, 0.15) is 5.75 Å². The number of aliphatic carboxylic acids is 1. The van der Waals surface area contributed by atoms with Gasteiger partial charge in [-0.1, -0.05) is 29.9 Å². The molecule has 0 unspecified atom stereocenters. The van der Waals surface area contributed by atoms with Gasteiger partial charge in [0.2, 0.25) is 11.8 Å². The Kier molecular flexibility index (Phi) is 5.56. The zero-order chi connectivity index (χ0) is 24.4. The van der Waals surface area contributed by atoms with E-state index >= 15 is 0 Å². The van der Waals surface area contributed by atoms with Gasteiger partial charge in [-0.2, -0.15) is 0 Å². The van der Waals surface area contributed by atoms with E-state index in [4.69, 9.17) is 5.11 Å². The first-order valence-electron chi connectivity index (χ1n) is 12.1. The summed E-state index contributed by atoms with van der Waals surface area (Å²) in [5.41, 5.74) is 1.02. The molecule has 3 heterocycles. The van der Waals surface area contributed by atoms with Gasteiger partial charge in [-0.15, -0.1) is 11.8 Å². The van der Waals surface area contributed by atoms with Crippen LogP contribution in [0, 0.1) is 29.6 Å². The summed E-state index contributed by atoms with van der Waals surface area (Å²) >= 11 is 2.88. The highest BCUT2D eigenvalue weighted by molar-refractivity contribution is 8.00. The summed E-state index contributed by atoms with van der Waals surface area (Å²) in [6.45, 7) is 0.355. The maximum Gasteiger partial charge on any atom is 0.305 e. The summed E-state index contributed by atoms with van der Waals surface area (Å²) < 4.78 is 0. The standard InChI is InChI=1S/C25H26N2O6S2/c28-12-7-5-11(6-8-12)16-17-13-10-14(20(17)34-22-21(16)35-25(33)26-22)19-18(13)23(31)27(24(19)32)9-3-1-2-4-15(29)30/h5-8,13-14,16-20,28H,1-4,9-10H2,(H,26,33)(H,29,30)/t13-,14-,16-,17-,18+,19-,20-/m1/s1. The summed E-state index contributed by atoms with van der Waals surface area (Å²) in [6.07, 6.45) is 2.77. The molecule has 0 spiro atoms. The number of benzene rings is 1. The molecule has 35 heavy (non-hydrogen) atoms. The Morgan fingerprint density at radius 2 is 1.74 bits per heavy atom. The molecule has 8 nitrogen and oxygen atoms in total. The highest BCUT2D eigenvalue weighted by Crippen LogP contribution is 2.68. The Balaban J connectivity index is 1.28. The van der Waals surface area contributed by atoms with E-state index in [0.717, 1.165) is 21.9 Å². The number of aromatic hydroxyl groups is 1. The van der Waals surface area contributed by atoms with Gasteiger partial charge >= 0.3 is 10.8 Å². The first kappa shape index (κ1) is 22.8. The number of nitrogens with one attached hydrogen (secondary N) is 1. The number of thioether (sulfide) groups is 1. The third kappa shape index (κ3) is 3.56. The number of hydrogen-bond donors (Lipinski definition) is 3. The minimum absolute atomic E-state index is 0.0512. The molecule has 2 aliphatic heterocycles. The summed E-state index contributed by atoms with van der Waals surface area (Å²) in [5, 5.41) is 19.6. The monoisotopic (exact) mass is 514 g/mol. The van der Waals surface area contributed by atoms with Crippen molar-refractivity contribution in [1.82, 2.24) is 9.88 Å². The lowest BCUT2D eigenvalue weighted by atomic mass is 9.68. The molecular formula is C25H26N2O6S2. The smallest absolute Gasteiger partial charge is 0.305 e. The average molecular weight is 515 g/mol. The topological polar surface area (TPSA) is 128 Å². The molecule has 7 atom stereocenters. The molecule has 2 saturated carbocycles. The zero-order valence-corrected chi connectivity index (χ0v) is 20.5. The van der Waals surface area contributed by atoms with Crippen LogP contribution < -0.4 is 4.87 Å². The number of H-pyrrole nitrogens is 1. The first-order chi connectivity index (χ1) is 16.8. The number of phenolic OH excluding ortho intramolecular Hbond substituents is 1. The number of carbonyl (C=O) groups excluding carboxylic acids is 2. The van der Waals surface area contributed by atoms with Gasteiger partial charge < -0.3 is 15.2 Å². The number of nitrogens with zero attached hydrogens (tertiary/aromatic N) is 1. The van der Waals surface area contributed by atoms with Crippen molar-refractivity contribution in [2.75, 3.05) is 6.54 Å². The molecule has 6 rings (SSSR count). The van der Waals surface area contributed by atoms with Crippen LogP contribution in [0.4, 0.5) is 0 Å². The molecule has 2 aromatic rings. The maximum atomic E-state index is 13.5. The molecule has 1 saturated heterocycles. The van der Waals surface area contributed by atoms with Crippen LogP contribution in [0.2, 0.25) is 0 Å². The van der Waals surface area contributed by atoms with Gasteiger partial charge in [-0.3, -0.25) is 24.1 Å². The van der Waals surface area contributed by atoms with Crippen molar-refractivity contribution in [3.05, 3.63) is 44.4 Å². The van der Waals surface area contributed by atoms with E-state index in [-0.39, 0.29) is 69.6 Å². The summed E-state index contributed by atoms with van der Waals surface area (Å²) in [6, 6.07) is 7.12. The van der Waals surface area contributed by atoms with Gasteiger partial charge in [0.15, 0.2) is 0 Å². The lowest BCUT2D eigenvalue weighted by Crippen LogP contribution is -2.42. The highest BCUT2D eigenvalue weighted by atomic mass is 32.2. The predicted molar refractivity (Wildman–Crippen MR) is 129 cm³/mol. The van der Waals surface area contributed by atoms with Crippen LogP contribution in [0.5, 0.6) is 5.75 Å². The number of fused-ring (bicyclic) bond motifs is 9. The van der Waals surface area contributed by atoms with E-state index in [9.17, 15) is 24.3 Å². The quantitative estimate of drug-likeness (QED) is 0.382. The Labute approximate surface area is 209 Å². The third-order valence-electron chi connectivity index (χ3n) is 8.34. The number of unbranched alkanes of at least 4 members (excludes halogenated alkanes) is 2. The molecule has 184 valence electrons. The van der Waals surface area contributed by atoms with Crippen molar-refractivity contribution < 1.29 is 24.6 Å². The number of carbonyl (C=O) groups is 3. The summed E-state index contributed by atoms with van der Waals surface area (Å²) in [5.74, 6) is -1.17. The number of likely N-dealkylation sites (tertiary alicyclic amines) is 1. The van der Waals surface area contributed by atoms with Gasteiger partial charge in [-0.05, 0) is 54.7 Å². The van der Waals surface area contributed by atoms with E-state index in [1.165, 1.54) is 16.2 Å². The van der Waals surface area contributed by atoms with Gasteiger partial charge in [0.05, 0.1) is 16.9 Å². The first-order valence-corrected chi connectivity index (χ1v) is 13.8. The van der Waals surface area contributed by atoms with Crippen LogP contribution in [0.25, 0.3) is 0 Å². The number of imide groups is 1. The van der Waals surface area contributed by atoms with Crippen molar-refractivity contribution in [2.24, 2.45) is 29.6 Å². The minimum Gasteiger partial charge on any atom is -0.508 e. The maximum absolute atomic E-state index is 13.5. The number of amides is 2. The molecule has 1 aromatic carbocycles. The molecular weight excluding hydrogens is 488 g/mol. The Morgan fingerprint density at radius 1 is 1.03 bits per heavy atom. The van der Waals surface area contributed by atoms with Gasteiger partial charge in [-0.25, -0.2) is 0 Å². The van der Waals surface area contributed by atoms with Crippen LogP contribution in [-0.2, 0) is 14.4 Å². The molecule has 3 fully saturated rings. The average Bonchev–Trinajstić information content (AvgIpc) is 3.54. The van der Waals surface area contributed by atoms with E-state index in [0.29, 0.717) is 25.8 Å². The lowest BCUT2D eigenvalue weighted by molar-refractivity contribution is -0.141. The molecule has 2 bridgehead atoms. The van der Waals surface area contributed by atoms with Crippen molar-refractivity contribution >= 4 is 40.9 Å². The minimum atomic E-state index is -0.831. The number of rotatable bonds is 7. The van der Waals surface area contributed by atoms with Gasteiger partial charge in [0.25, 0.3) is 0 Å². The Hall–Kier alpha value is -2.59. The highest BCUT2D eigenvalue weighted by Gasteiger charge is 2.69. The number of phenols is 1. The SMILES string of the molecule is O=C(O)CCCCCN1C(=O)[C@@H]2[C@H]3C[C@@H]([C@@H]2C1=O)[C@@H]1[C@@H](c2ccc(O)cc2)c2sc(=O)[nH]c2S[C@H]31. The molecule has 2 amide bonds. The number of thiazole rings is 1. The predicted octanol–water partition coefficient (Wildman–Crippen LogP) is 3.26. The van der Waals surface area contributed by atoms with Crippen molar-refractivity contribution in [2.45, 2.75) is 48.3 Å². The van der Waals surface area contributed by atoms with Crippen molar-refractivity contribution in [3.8, 4) is 5.75 Å². The molecule has 0 radical (unpaired) electrons. The largest absolute Gasteiger partial charge is 0.508 e. The fourth-order valence-corrected chi connectivity index (χ4v) is 9.97. The number of hydrogen-bond acceptors (Lipinski definition) is 7. The molecule has 2 aliphatic carbocycles. The Morgan fingerprint density at radius 3 is 2.46 bits per heavy atom. The number of aromatic amines is 1. The number of aromatic nitrogens is 1. The van der Waals surface area contributed by atoms with Crippen molar-refractivity contribution in [3.63, 3.8) is 0 Å². The van der Waals surface area contributed by atoms with Crippen LogP contribution in [0.1, 0.15) is 48.5 Å². The third-order valence-corrected chi connectivity index (χ3v) is 10.9. The van der Waals surface area contributed by atoms with Crippen LogP contribution in [0.3, 0.4) is 0 Å². The normalized spacial score (nSPS) is 32.6. The molecule has 1 aromatic heterocycles. The lowest BCUT2D eigenvalue weighted by Gasteiger charge is -2.43. The second kappa shape index (κ2) is 8.51. The van der Waals surface area contributed by atoms with Gasteiger partial charge in [0, 0.05) is 29.0 Å². The molecule has 3 N–H and O–H groups in total. The Bertz CT molecular complexity index is 1250. The van der Waals surface area contributed by atoms with Crippen LogP contribution in [0.15, 0.2) is 34.1 Å². The zero-order valence-electron chi connectivity index (χ0n) is 18.9. The van der Waals surface area contributed by atoms with E-state index in [1.807, 2.05) is 12.1 Å².